The van der Waals surface area contributed by atoms with E-state index in [1.54, 1.807) is 6.07 Å². The maximum atomic E-state index is 12.5. The molecule has 0 saturated carbocycles. The highest BCUT2D eigenvalue weighted by Gasteiger charge is 2.18. The second-order valence-corrected chi connectivity index (χ2v) is 9.17. The van der Waals surface area contributed by atoms with Crippen LogP contribution in [-0.2, 0) is 17.3 Å². The zero-order valence-corrected chi connectivity index (χ0v) is 19.8. The molecule has 10 heteroatoms. The van der Waals surface area contributed by atoms with Crippen molar-refractivity contribution >= 4 is 52.3 Å². The third-order valence-electron chi connectivity index (χ3n) is 3.25. The summed E-state index contributed by atoms with van der Waals surface area (Å²) in [5, 5.41) is 6.56. The first-order valence-corrected chi connectivity index (χ1v) is 9.97. The number of benzene rings is 1. The van der Waals surface area contributed by atoms with Gasteiger partial charge in [0.05, 0.1) is 6.54 Å². The first kappa shape index (κ1) is 26.3. The minimum Gasteiger partial charge on any atom is -0.434 e. The van der Waals surface area contributed by atoms with Crippen LogP contribution in [0.25, 0.3) is 0 Å². The Labute approximate surface area is 184 Å². The van der Waals surface area contributed by atoms with Gasteiger partial charge in [0.25, 0.3) is 0 Å². The molecule has 156 valence electrons. The fourth-order valence-electron chi connectivity index (χ4n) is 1.96. The predicted octanol–water partition coefficient (Wildman–Crippen LogP) is 4.16. The standard InChI is InChI=1S/C17H26ClF2N3O2S.HI/c1-5-21-16(22-8-9-26(24)17(2,3)4)23-11-12-10-13(18)6-7-14(12)25-15(19)20;/h6-7,10,15H,5,8-9,11H2,1-4H3,(H2,21,22,23);1H. The van der Waals surface area contributed by atoms with Crippen LogP contribution in [0.2, 0.25) is 5.02 Å². The number of rotatable bonds is 8. The third kappa shape index (κ3) is 10.4. The number of ether oxygens (including phenoxy) is 1. The molecule has 0 spiro atoms. The Hall–Kier alpha value is -0.680. The van der Waals surface area contributed by atoms with Crippen molar-refractivity contribution in [2.24, 2.45) is 4.99 Å². The van der Waals surface area contributed by atoms with Crippen LogP contribution >= 0.6 is 35.6 Å². The van der Waals surface area contributed by atoms with Gasteiger partial charge in [-0.05, 0) is 45.9 Å². The molecular weight excluding hydrogens is 511 g/mol. The molecule has 0 aliphatic heterocycles. The molecule has 1 atom stereocenters. The smallest absolute Gasteiger partial charge is 0.387 e. The summed E-state index contributed by atoms with van der Waals surface area (Å²) in [5.74, 6) is 1.02. The topological polar surface area (TPSA) is 62.7 Å². The third-order valence-corrected chi connectivity index (χ3v) is 5.43. The summed E-state index contributed by atoms with van der Waals surface area (Å²) < 4.78 is 41.3. The van der Waals surface area contributed by atoms with E-state index in [9.17, 15) is 13.0 Å². The van der Waals surface area contributed by atoms with Crippen molar-refractivity contribution < 1.29 is 17.7 Å². The zero-order valence-electron chi connectivity index (χ0n) is 15.9. The Morgan fingerprint density at radius 1 is 1.33 bits per heavy atom. The summed E-state index contributed by atoms with van der Waals surface area (Å²) in [7, 11) is -0.977. The van der Waals surface area contributed by atoms with Crippen LogP contribution in [0.4, 0.5) is 8.78 Å². The van der Waals surface area contributed by atoms with Gasteiger partial charge in [-0.15, -0.1) is 24.0 Å². The lowest BCUT2D eigenvalue weighted by atomic mass is 10.2. The lowest BCUT2D eigenvalue weighted by Gasteiger charge is -2.18. The molecule has 0 aromatic heterocycles. The van der Waals surface area contributed by atoms with E-state index in [2.05, 4.69) is 20.4 Å². The van der Waals surface area contributed by atoms with E-state index in [0.29, 0.717) is 35.4 Å². The number of aliphatic imine (C=N–C) groups is 1. The number of halogens is 4. The van der Waals surface area contributed by atoms with E-state index in [4.69, 9.17) is 11.6 Å². The second kappa shape index (κ2) is 12.7. The molecule has 27 heavy (non-hydrogen) atoms. The van der Waals surface area contributed by atoms with Crippen molar-refractivity contribution in [2.45, 2.75) is 45.6 Å². The predicted molar refractivity (Wildman–Crippen MR) is 119 cm³/mol. The highest BCUT2D eigenvalue weighted by molar-refractivity contribution is 14.0. The molecule has 0 bridgehead atoms. The highest BCUT2D eigenvalue weighted by atomic mass is 127. The molecule has 0 fully saturated rings. The van der Waals surface area contributed by atoms with Crippen molar-refractivity contribution in [3.63, 3.8) is 0 Å². The van der Waals surface area contributed by atoms with E-state index in [0.717, 1.165) is 0 Å². The van der Waals surface area contributed by atoms with Crippen molar-refractivity contribution in [3.05, 3.63) is 28.8 Å². The molecule has 0 aliphatic rings. The van der Waals surface area contributed by atoms with Gasteiger partial charge < -0.3 is 15.4 Å². The van der Waals surface area contributed by atoms with Crippen LogP contribution in [0.1, 0.15) is 33.3 Å². The van der Waals surface area contributed by atoms with Crippen LogP contribution in [-0.4, -0.2) is 40.4 Å². The molecular formula is C17H27ClF2IN3O2S. The van der Waals surface area contributed by atoms with Crippen LogP contribution < -0.4 is 15.4 Å². The number of nitrogens with zero attached hydrogens (tertiary/aromatic N) is 1. The molecule has 0 saturated heterocycles. The molecule has 5 nitrogen and oxygen atoms in total. The van der Waals surface area contributed by atoms with Gasteiger partial charge in [-0.2, -0.15) is 8.78 Å². The van der Waals surface area contributed by atoms with E-state index in [1.807, 2.05) is 27.7 Å². The molecule has 1 aromatic carbocycles. The van der Waals surface area contributed by atoms with Crippen LogP contribution in [0, 0.1) is 0 Å². The second-order valence-electron chi connectivity index (χ2n) is 6.41. The average molecular weight is 538 g/mol. The van der Waals surface area contributed by atoms with Crippen molar-refractivity contribution in [2.75, 3.05) is 18.8 Å². The summed E-state index contributed by atoms with van der Waals surface area (Å²) in [4.78, 5) is 4.36. The van der Waals surface area contributed by atoms with Gasteiger partial charge >= 0.3 is 6.61 Å². The zero-order chi connectivity index (χ0) is 19.7. The number of hydrogen-bond acceptors (Lipinski definition) is 3. The Kier molecular flexibility index (Phi) is 12.4. The SMILES string of the molecule is CCNC(=NCc1cc(Cl)ccc1OC(F)F)NCCS(=O)C(C)(C)C.I. The van der Waals surface area contributed by atoms with Crippen molar-refractivity contribution in [1.82, 2.24) is 10.6 Å². The number of hydrogen-bond donors (Lipinski definition) is 2. The van der Waals surface area contributed by atoms with Crippen LogP contribution in [0.3, 0.4) is 0 Å². The molecule has 1 unspecified atom stereocenters. The lowest BCUT2D eigenvalue weighted by molar-refractivity contribution is -0.0504. The van der Waals surface area contributed by atoms with Crippen molar-refractivity contribution in [1.29, 1.82) is 0 Å². The Morgan fingerprint density at radius 3 is 2.56 bits per heavy atom. The Morgan fingerprint density at radius 2 is 2.00 bits per heavy atom. The van der Waals surface area contributed by atoms with Crippen molar-refractivity contribution in [3.8, 4) is 5.75 Å². The van der Waals surface area contributed by atoms with E-state index in [1.165, 1.54) is 12.1 Å². The van der Waals surface area contributed by atoms with Gasteiger partial charge in [-0.1, -0.05) is 11.6 Å². The van der Waals surface area contributed by atoms with Gasteiger partial charge in [-0.3, -0.25) is 4.21 Å². The molecule has 0 aliphatic carbocycles. The highest BCUT2D eigenvalue weighted by Crippen LogP contribution is 2.25. The van der Waals surface area contributed by atoms with Gasteiger partial charge in [0.2, 0.25) is 0 Å². The number of alkyl halides is 2. The molecule has 1 rings (SSSR count). The summed E-state index contributed by atoms with van der Waals surface area (Å²) in [6.07, 6.45) is 0. The Bertz CT molecular complexity index is 643. The molecule has 0 amide bonds. The Balaban J connectivity index is 0.00000676. The number of guanidine groups is 1. The fourth-order valence-corrected chi connectivity index (χ4v) is 3.05. The van der Waals surface area contributed by atoms with Gasteiger partial charge in [0, 0.05) is 45.0 Å². The summed E-state index contributed by atoms with van der Waals surface area (Å²) in [6.45, 7) is 5.98. The lowest BCUT2D eigenvalue weighted by Crippen LogP contribution is -2.40. The minimum absolute atomic E-state index is 0. The van der Waals surface area contributed by atoms with E-state index >= 15 is 0 Å². The van der Waals surface area contributed by atoms with E-state index in [-0.39, 0.29) is 41.0 Å². The normalized spacial score (nSPS) is 13.1. The molecule has 2 N–H and O–H groups in total. The van der Waals surface area contributed by atoms with Crippen LogP contribution in [0.5, 0.6) is 5.75 Å². The molecule has 0 radical (unpaired) electrons. The summed E-state index contributed by atoms with van der Waals surface area (Å²) in [5.41, 5.74) is 0.452. The minimum atomic E-state index is -2.92. The monoisotopic (exact) mass is 537 g/mol. The van der Waals surface area contributed by atoms with E-state index < -0.39 is 17.4 Å². The van der Waals surface area contributed by atoms with Gasteiger partial charge in [-0.25, -0.2) is 4.99 Å². The summed E-state index contributed by atoms with van der Waals surface area (Å²) >= 11 is 5.93. The molecule has 0 heterocycles. The fraction of sp³-hybridized carbons (Fsp3) is 0.588. The average Bonchev–Trinajstić information content (AvgIpc) is 2.53. The maximum absolute atomic E-state index is 12.5. The van der Waals surface area contributed by atoms with Gasteiger partial charge in [0.15, 0.2) is 5.96 Å². The largest absolute Gasteiger partial charge is 0.434 e. The first-order valence-electron chi connectivity index (χ1n) is 8.27. The quantitative estimate of drug-likeness (QED) is 0.297. The number of nitrogens with one attached hydrogen (secondary N) is 2. The molecule has 1 aromatic rings. The van der Waals surface area contributed by atoms with Crippen LogP contribution in [0.15, 0.2) is 23.2 Å². The maximum Gasteiger partial charge on any atom is 0.387 e. The summed E-state index contributed by atoms with van der Waals surface area (Å²) in [6, 6.07) is 4.42. The first-order chi connectivity index (χ1) is 12.1. The van der Waals surface area contributed by atoms with Gasteiger partial charge in [0.1, 0.15) is 5.75 Å².